The van der Waals surface area contributed by atoms with Crippen molar-refractivity contribution in [2.24, 2.45) is 5.73 Å². The Morgan fingerprint density at radius 3 is 2.45 bits per heavy atom. The summed E-state index contributed by atoms with van der Waals surface area (Å²) < 4.78 is 5.29. The van der Waals surface area contributed by atoms with Gasteiger partial charge in [-0.25, -0.2) is 0 Å². The second kappa shape index (κ2) is 8.85. The smallest absolute Gasteiger partial charge is 0.229 e. The summed E-state index contributed by atoms with van der Waals surface area (Å²) in [5, 5.41) is 2.22. The number of likely N-dealkylation sites (tertiary alicyclic amines) is 1. The Labute approximate surface area is 178 Å². The lowest BCUT2D eigenvalue weighted by Crippen LogP contribution is -2.34. The lowest BCUT2D eigenvalue weighted by atomic mass is 9.95. The minimum atomic E-state index is -0.201. The topological polar surface area (TPSA) is 55.6 Å². The quantitative estimate of drug-likeness (QED) is 0.696. The third kappa shape index (κ3) is 4.24. The van der Waals surface area contributed by atoms with Gasteiger partial charge >= 0.3 is 0 Å². The molecule has 0 radical (unpaired) electrons. The first-order valence-corrected chi connectivity index (χ1v) is 9.74. The molecule has 1 fully saturated rings. The van der Waals surface area contributed by atoms with Crippen molar-refractivity contribution in [3.05, 3.63) is 77.9 Å². The van der Waals surface area contributed by atoms with Gasteiger partial charge in [0.15, 0.2) is 0 Å². The average Bonchev–Trinajstić information content (AvgIpc) is 3.14. The summed E-state index contributed by atoms with van der Waals surface area (Å²) in [6.07, 6.45) is 0. The molecule has 1 aliphatic rings. The number of carbonyl (C=O) groups excluding carboxylic acids is 1. The molecule has 4 nitrogen and oxygen atoms in total. The summed E-state index contributed by atoms with van der Waals surface area (Å²) in [5.41, 5.74) is 8.61. The van der Waals surface area contributed by atoms with E-state index in [2.05, 4.69) is 24.3 Å². The first kappa shape index (κ1) is 21.2. The summed E-state index contributed by atoms with van der Waals surface area (Å²) in [4.78, 5) is 15.1. The first-order valence-electron chi connectivity index (χ1n) is 9.74. The van der Waals surface area contributed by atoms with Gasteiger partial charge in [0.1, 0.15) is 5.75 Å². The Morgan fingerprint density at radius 1 is 1.03 bits per heavy atom. The molecule has 1 saturated heterocycles. The van der Waals surface area contributed by atoms with Crippen LogP contribution in [0.2, 0.25) is 0 Å². The highest BCUT2D eigenvalue weighted by Crippen LogP contribution is 2.30. The molecule has 5 heteroatoms. The number of benzene rings is 3. The minimum absolute atomic E-state index is 0. The number of methoxy groups -OCH3 is 1. The van der Waals surface area contributed by atoms with Crippen molar-refractivity contribution >= 4 is 29.1 Å². The molecule has 29 heavy (non-hydrogen) atoms. The van der Waals surface area contributed by atoms with Crippen LogP contribution in [0.1, 0.15) is 29.9 Å². The molecule has 1 heterocycles. The van der Waals surface area contributed by atoms with Crippen LogP contribution in [-0.4, -0.2) is 37.0 Å². The minimum Gasteiger partial charge on any atom is -0.497 e. The SMILES string of the molecule is COc1ccc2cc(C(C)C(=O)N3C[C@@H](N)[C@H](c4ccccc4)C3)ccc2c1.Cl. The van der Waals surface area contributed by atoms with E-state index < -0.39 is 0 Å². The third-order valence-electron chi connectivity index (χ3n) is 5.85. The maximum atomic E-state index is 13.2. The number of amides is 1. The fourth-order valence-corrected chi connectivity index (χ4v) is 4.12. The van der Waals surface area contributed by atoms with Gasteiger partial charge in [-0.1, -0.05) is 54.6 Å². The molecule has 1 unspecified atom stereocenters. The normalized spacial score (nSPS) is 19.6. The van der Waals surface area contributed by atoms with E-state index in [0.29, 0.717) is 13.1 Å². The molecule has 3 atom stereocenters. The van der Waals surface area contributed by atoms with Crippen molar-refractivity contribution in [2.45, 2.75) is 24.8 Å². The number of carbonyl (C=O) groups is 1. The van der Waals surface area contributed by atoms with E-state index in [1.165, 1.54) is 5.56 Å². The number of nitrogens with zero attached hydrogens (tertiary/aromatic N) is 1. The summed E-state index contributed by atoms with van der Waals surface area (Å²) in [7, 11) is 1.67. The van der Waals surface area contributed by atoms with Crippen molar-refractivity contribution in [3.63, 3.8) is 0 Å². The van der Waals surface area contributed by atoms with Crippen LogP contribution < -0.4 is 10.5 Å². The van der Waals surface area contributed by atoms with Crippen molar-refractivity contribution in [1.29, 1.82) is 0 Å². The van der Waals surface area contributed by atoms with E-state index in [1.54, 1.807) is 7.11 Å². The van der Waals surface area contributed by atoms with E-state index in [0.717, 1.165) is 22.1 Å². The predicted octanol–water partition coefficient (Wildman–Crippen LogP) is 4.33. The maximum Gasteiger partial charge on any atom is 0.229 e. The fourth-order valence-electron chi connectivity index (χ4n) is 4.12. The Morgan fingerprint density at radius 2 is 1.72 bits per heavy atom. The summed E-state index contributed by atoms with van der Waals surface area (Å²) in [6.45, 7) is 3.26. The number of fused-ring (bicyclic) bond motifs is 1. The largest absolute Gasteiger partial charge is 0.497 e. The molecular formula is C24H27ClN2O2. The number of ether oxygens (including phenoxy) is 1. The number of halogens is 1. The van der Waals surface area contributed by atoms with Gasteiger partial charge in [0, 0.05) is 25.0 Å². The zero-order valence-corrected chi connectivity index (χ0v) is 17.6. The fraction of sp³-hybridized carbons (Fsp3) is 0.292. The second-order valence-electron chi connectivity index (χ2n) is 7.62. The Bertz CT molecular complexity index is 993. The molecule has 1 amide bonds. The molecule has 152 valence electrons. The monoisotopic (exact) mass is 410 g/mol. The van der Waals surface area contributed by atoms with Crippen LogP contribution in [0.15, 0.2) is 66.7 Å². The Hall–Kier alpha value is -2.56. The summed E-state index contributed by atoms with van der Waals surface area (Å²) in [5.74, 6) is 0.971. The third-order valence-corrected chi connectivity index (χ3v) is 5.85. The van der Waals surface area contributed by atoms with Gasteiger partial charge in [0.25, 0.3) is 0 Å². The highest BCUT2D eigenvalue weighted by Gasteiger charge is 2.35. The van der Waals surface area contributed by atoms with E-state index in [-0.39, 0.29) is 36.2 Å². The van der Waals surface area contributed by atoms with Gasteiger partial charge in [-0.2, -0.15) is 0 Å². The molecule has 3 aromatic rings. The number of hydrogen-bond acceptors (Lipinski definition) is 3. The molecule has 0 aliphatic carbocycles. The van der Waals surface area contributed by atoms with Crippen molar-refractivity contribution in [2.75, 3.05) is 20.2 Å². The van der Waals surface area contributed by atoms with Crippen LogP contribution in [0, 0.1) is 0 Å². The maximum absolute atomic E-state index is 13.2. The molecule has 0 spiro atoms. The molecule has 3 aromatic carbocycles. The molecule has 0 aromatic heterocycles. The molecule has 1 aliphatic heterocycles. The summed E-state index contributed by atoms with van der Waals surface area (Å²) >= 11 is 0. The highest BCUT2D eigenvalue weighted by atomic mass is 35.5. The highest BCUT2D eigenvalue weighted by molar-refractivity contribution is 5.88. The van der Waals surface area contributed by atoms with Gasteiger partial charge in [0.2, 0.25) is 5.91 Å². The second-order valence-corrected chi connectivity index (χ2v) is 7.62. The van der Waals surface area contributed by atoms with E-state index in [1.807, 2.05) is 54.3 Å². The van der Waals surface area contributed by atoms with E-state index in [9.17, 15) is 4.79 Å². The molecular weight excluding hydrogens is 384 g/mol. The van der Waals surface area contributed by atoms with Crippen molar-refractivity contribution < 1.29 is 9.53 Å². The van der Waals surface area contributed by atoms with Crippen LogP contribution >= 0.6 is 12.4 Å². The average molecular weight is 411 g/mol. The van der Waals surface area contributed by atoms with Gasteiger partial charge in [-0.3, -0.25) is 4.79 Å². The molecule has 2 N–H and O–H groups in total. The van der Waals surface area contributed by atoms with Crippen LogP contribution in [0.3, 0.4) is 0 Å². The Balaban J connectivity index is 0.00000240. The van der Waals surface area contributed by atoms with Crippen LogP contribution in [-0.2, 0) is 4.79 Å². The predicted molar refractivity (Wildman–Crippen MR) is 120 cm³/mol. The van der Waals surface area contributed by atoms with E-state index >= 15 is 0 Å². The van der Waals surface area contributed by atoms with Gasteiger partial charge < -0.3 is 15.4 Å². The van der Waals surface area contributed by atoms with Gasteiger partial charge in [0.05, 0.1) is 13.0 Å². The van der Waals surface area contributed by atoms with Crippen molar-refractivity contribution in [3.8, 4) is 5.75 Å². The van der Waals surface area contributed by atoms with E-state index in [4.69, 9.17) is 10.5 Å². The lowest BCUT2D eigenvalue weighted by Gasteiger charge is -2.21. The Kier molecular flexibility index (Phi) is 6.46. The number of nitrogens with two attached hydrogens (primary N) is 1. The standard InChI is InChI=1S/C24H26N2O2.ClH/c1-16(18-8-9-20-13-21(28-2)11-10-19(20)12-18)24(27)26-14-22(23(25)15-26)17-6-4-3-5-7-17;/h3-13,16,22-23H,14-15,25H2,1-2H3;1H/t16?,22-,23+;/m0./s1. The number of rotatable bonds is 4. The van der Waals surface area contributed by atoms with Gasteiger partial charge in [-0.15, -0.1) is 12.4 Å². The molecule has 0 bridgehead atoms. The molecule has 0 saturated carbocycles. The summed E-state index contributed by atoms with van der Waals surface area (Å²) in [6, 6.07) is 22.4. The zero-order chi connectivity index (χ0) is 19.7. The van der Waals surface area contributed by atoms with Crippen LogP contribution in [0.5, 0.6) is 5.75 Å². The number of hydrogen-bond donors (Lipinski definition) is 1. The van der Waals surface area contributed by atoms with Crippen LogP contribution in [0.25, 0.3) is 10.8 Å². The lowest BCUT2D eigenvalue weighted by molar-refractivity contribution is -0.131. The molecule has 4 rings (SSSR count). The zero-order valence-electron chi connectivity index (χ0n) is 16.7. The van der Waals surface area contributed by atoms with Gasteiger partial charge in [-0.05, 0) is 41.0 Å². The first-order chi connectivity index (χ1) is 13.6. The van der Waals surface area contributed by atoms with Crippen molar-refractivity contribution in [1.82, 2.24) is 4.90 Å². The van der Waals surface area contributed by atoms with Crippen LogP contribution in [0.4, 0.5) is 0 Å².